The first kappa shape index (κ1) is 23.6. The van der Waals surface area contributed by atoms with Gasteiger partial charge in [-0.2, -0.15) is 4.31 Å². The highest BCUT2D eigenvalue weighted by Crippen LogP contribution is 2.24. The second-order valence-corrected chi connectivity index (χ2v) is 9.35. The summed E-state index contributed by atoms with van der Waals surface area (Å²) in [5.74, 6) is 0.454. The first-order valence-corrected chi connectivity index (χ1v) is 12.1. The lowest BCUT2D eigenvalue weighted by molar-refractivity contribution is -0.144. The molecule has 0 amide bonds. The van der Waals surface area contributed by atoms with E-state index in [4.69, 9.17) is 14.2 Å². The maximum atomic E-state index is 13.0. The number of ether oxygens (including phenoxy) is 3. The molecule has 0 radical (unpaired) electrons. The zero-order chi connectivity index (χ0) is 22.3. The Hall–Kier alpha value is -2.01. The van der Waals surface area contributed by atoms with Crippen LogP contribution in [0, 0.1) is 0 Å². The van der Waals surface area contributed by atoms with Gasteiger partial charge in [-0.1, -0.05) is 13.3 Å². The molecule has 0 aliphatic carbocycles. The third kappa shape index (κ3) is 5.82. The van der Waals surface area contributed by atoms with Gasteiger partial charge in [-0.15, -0.1) is 0 Å². The number of benzene rings is 1. The fourth-order valence-electron chi connectivity index (χ4n) is 3.54. The fourth-order valence-corrected chi connectivity index (χ4v) is 4.97. The van der Waals surface area contributed by atoms with Gasteiger partial charge >= 0.3 is 5.97 Å². The van der Waals surface area contributed by atoms with E-state index >= 15 is 0 Å². The molecule has 0 N–H and O–H groups in total. The SMILES string of the molecule is CCCCn1c(CCC(=O)OCCOC)nc2cc(S(=O)(=O)N3CCOCC3)ccc21. The number of aryl methyl sites for hydroxylation is 2. The van der Waals surface area contributed by atoms with E-state index < -0.39 is 10.0 Å². The Bertz CT molecular complexity index is 982. The summed E-state index contributed by atoms with van der Waals surface area (Å²) in [5, 5.41) is 0. The number of aromatic nitrogens is 2. The predicted molar refractivity (Wildman–Crippen MR) is 115 cm³/mol. The molecule has 1 aromatic carbocycles. The number of sulfonamides is 1. The maximum absolute atomic E-state index is 13.0. The molecule has 1 fully saturated rings. The average molecular weight is 454 g/mol. The summed E-state index contributed by atoms with van der Waals surface area (Å²) in [7, 11) is -2.04. The largest absolute Gasteiger partial charge is 0.463 e. The number of nitrogens with zero attached hydrogens (tertiary/aromatic N) is 3. The van der Waals surface area contributed by atoms with Crippen molar-refractivity contribution in [3.05, 3.63) is 24.0 Å². The summed E-state index contributed by atoms with van der Waals surface area (Å²) >= 11 is 0. The van der Waals surface area contributed by atoms with Gasteiger partial charge in [-0.3, -0.25) is 4.79 Å². The standard InChI is InChI=1S/C21H31N3O6S/c1-3-4-9-24-19-6-5-17(31(26,27)23-10-12-29-13-11-23)16-18(19)22-20(24)7-8-21(25)30-15-14-28-2/h5-6,16H,3-4,7-15H2,1-2H3. The summed E-state index contributed by atoms with van der Waals surface area (Å²) in [6.45, 7) is 4.96. The van der Waals surface area contributed by atoms with Crippen molar-refractivity contribution in [2.45, 2.75) is 44.0 Å². The Balaban J connectivity index is 1.83. The van der Waals surface area contributed by atoms with Crippen molar-refractivity contribution >= 4 is 27.0 Å². The van der Waals surface area contributed by atoms with Gasteiger partial charge in [0.15, 0.2) is 0 Å². The number of esters is 1. The van der Waals surface area contributed by atoms with Crippen molar-refractivity contribution in [2.75, 3.05) is 46.6 Å². The molecule has 1 aliphatic heterocycles. The fraction of sp³-hybridized carbons (Fsp3) is 0.619. The monoisotopic (exact) mass is 453 g/mol. The Morgan fingerprint density at radius 3 is 2.71 bits per heavy atom. The van der Waals surface area contributed by atoms with Gasteiger partial charge in [-0.25, -0.2) is 13.4 Å². The molecule has 0 bridgehead atoms. The van der Waals surface area contributed by atoms with E-state index in [1.54, 1.807) is 19.2 Å². The molecule has 0 unspecified atom stereocenters. The highest BCUT2D eigenvalue weighted by molar-refractivity contribution is 7.89. The molecule has 0 spiro atoms. The lowest BCUT2D eigenvalue weighted by Gasteiger charge is -2.26. The highest BCUT2D eigenvalue weighted by Gasteiger charge is 2.27. The van der Waals surface area contributed by atoms with Crippen LogP contribution >= 0.6 is 0 Å². The van der Waals surface area contributed by atoms with Crippen molar-refractivity contribution in [1.29, 1.82) is 0 Å². The lowest BCUT2D eigenvalue weighted by Crippen LogP contribution is -2.40. The third-order valence-electron chi connectivity index (χ3n) is 5.25. The van der Waals surface area contributed by atoms with Gasteiger partial charge in [0.2, 0.25) is 10.0 Å². The topological polar surface area (TPSA) is 100.0 Å². The zero-order valence-corrected chi connectivity index (χ0v) is 19.0. The number of unbranched alkanes of at least 4 members (excludes halogenated alkanes) is 1. The average Bonchev–Trinajstić information content (AvgIpc) is 3.13. The molecular weight excluding hydrogens is 422 g/mol. The van der Waals surface area contributed by atoms with Crippen LogP contribution in [0.4, 0.5) is 0 Å². The maximum Gasteiger partial charge on any atom is 0.306 e. The van der Waals surface area contributed by atoms with Crippen LogP contribution in [0.3, 0.4) is 0 Å². The van der Waals surface area contributed by atoms with Crippen LogP contribution in [0.25, 0.3) is 11.0 Å². The van der Waals surface area contributed by atoms with Crippen LogP contribution in [0.1, 0.15) is 32.0 Å². The van der Waals surface area contributed by atoms with E-state index in [1.165, 1.54) is 4.31 Å². The number of imidazole rings is 1. The van der Waals surface area contributed by atoms with Crippen molar-refractivity contribution in [3.63, 3.8) is 0 Å². The van der Waals surface area contributed by atoms with E-state index in [9.17, 15) is 13.2 Å². The number of carbonyl (C=O) groups is 1. The van der Waals surface area contributed by atoms with Gasteiger partial charge in [0.1, 0.15) is 12.4 Å². The van der Waals surface area contributed by atoms with Crippen LogP contribution in [0.2, 0.25) is 0 Å². The van der Waals surface area contributed by atoms with Crippen LogP contribution in [0.5, 0.6) is 0 Å². The quantitative estimate of drug-likeness (QED) is 0.379. The minimum absolute atomic E-state index is 0.206. The van der Waals surface area contributed by atoms with Gasteiger partial charge in [0, 0.05) is 33.2 Å². The van der Waals surface area contributed by atoms with E-state index in [2.05, 4.69) is 16.5 Å². The molecule has 2 aromatic rings. The second kappa shape index (κ2) is 11.0. The van der Waals surface area contributed by atoms with Gasteiger partial charge in [0.25, 0.3) is 0 Å². The number of hydrogen-bond acceptors (Lipinski definition) is 7. The Labute approximate surface area is 183 Å². The first-order chi connectivity index (χ1) is 15.0. The number of carbonyl (C=O) groups excluding carboxylic acids is 1. The van der Waals surface area contributed by atoms with Gasteiger partial charge in [-0.05, 0) is 24.6 Å². The zero-order valence-electron chi connectivity index (χ0n) is 18.2. The Morgan fingerprint density at radius 2 is 2.00 bits per heavy atom. The van der Waals surface area contributed by atoms with E-state index in [-0.39, 0.29) is 23.9 Å². The molecule has 2 heterocycles. The molecule has 0 atom stereocenters. The molecule has 1 saturated heterocycles. The molecule has 31 heavy (non-hydrogen) atoms. The summed E-state index contributed by atoms with van der Waals surface area (Å²) in [5.41, 5.74) is 1.49. The molecule has 1 aromatic heterocycles. The van der Waals surface area contributed by atoms with Crippen LogP contribution in [-0.2, 0) is 42.0 Å². The predicted octanol–water partition coefficient (Wildman–Crippen LogP) is 1.98. The molecule has 1 aliphatic rings. The molecule has 0 saturated carbocycles. The van der Waals surface area contributed by atoms with Gasteiger partial charge in [0.05, 0.1) is 42.2 Å². The van der Waals surface area contributed by atoms with Crippen LogP contribution in [-0.4, -0.2) is 74.9 Å². The molecular formula is C21H31N3O6S. The minimum Gasteiger partial charge on any atom is -0.463 e. The first-order valence-electron chi connectivity index (χ1n) is 10.7. The molecule has 9 nitrogen and oxygen atoms in total. The van der Waals surface area contributed by atoms with Crippen molar-refractivity contribution in [1.82, 2.24) is 13.9 Å². The number of fused-ring (bicyclic) bond motifs is 1. The summed E-state index contributed by atoms with van der Waals surface area (Å²) in [6.07, 6.45) is 2.61. The minimum atomic E-state index is -3.59. The molecule has 10 heteroatoms. The van der Waals surface area contributed by atoms with Crippen LogP contribution < -0.4 is 0 Å². The summed E-state index contributed by atoms with van der Waals surface area (Å²) in [4.78, 5) is 16.9. The normalized spacial score (nSPS) is 15.4. The Kier molecular flexibility index (Phi) is 8.42. The number of morpholine rings is 1. The number of hydrogen-bond donors (Lipinski definition) is 0. The number of rotatable bonds is 11. The highest BCUT2D eigenvalue weighted by atomic mass is 32.2. The molecule has 172 valence electrons. The van der Waals surface area contributed by atoms with Crippen molar-refractivity contribution < 1.29 is 27.4 Å². The second-order valence-electron chi connectivity index (χ2n) is 7.41. The Morgan fingerprint density at radius 1 is 1.23 bits per heavy atom. The van der Waals surface area contributed by atoms with E-state index in [1.807, 2.05) is 6.07 Å². The smallest absolute Gasteiger partial charge is 0.306 e. The lowest BCUT2D eigenvalue weighted by atomic mass is 10.2. The number of methoxy groups -OCH3 is 1. The van der Waals surface area contributed by atoms with Crippen molar-refractivity contribution in [2.24, 2.45) is 0 Å². The summed E-state index contributed by atoms with van der Waals surface area (Å²) < 4.78 is 44.8. The van der Waals surface area contributed by atoms with Crippen LogP contribution in [0.15, 0.2) is 23.1 Å². The van der Waals surface area contributed by atoms with Crippen molar-refractivity contribution in [3.8, 4) is 0 Å². The van der Waals surface area contributed by atoms with E-state index in [0.29, 0.717) is 44.8 Å². The third-order valence-corrected chi connectivity index (χ3v) is 7.14. The summed E-state index contributed by atoms with van der Waals surface area (Å²) in [6, 6.07) is 5.08. The van der Waals surface area contributed by atoms with E-state index in [0.717, 1.165) is 30.7 Å². The van der Waals surface area contributed by atoms with Gasteiger partial charge < -0.3 is 18.8 Å². The molecule has 3 rings (SSSR count).